The van der Waals surface area contributed by atoms with Gasteiger partial charge in [0.25, 0.3) is 0 Å². The standard InChI is InChI=1S/C16H16BrF2NO/c1-10(11-3-5-14(18)15(19)8-11)20-9-12-7-13(17)4-6-16(12)21-2/h3-8,10,20H,9H2,1-2H3. The Hall–Kier alpha value is -1.46. The van der Waals surface area contributed by atoms with Crippen molar-refractivity contribution in [1.29, 1.82) is 0 Å². The molecule has 2 nitrogen and oxygen atoms in total. The van der Waals surface area contributed by atoms with Crippen molar-refractivity contribution >= 4 is 15.9 Å². The summed E-state index contributed by atoms with van der Waals surface area (Å²) >= 11 is 3.42. The number of halogens is 3. The molecule has 0 bridgehead atoms. The fourth-order valence-electron chi connectivity index (χ4n) is 2.05. The minimum absolute atomic E-state index is 0.108. The van der Waals surface area contributed by atoms with Crippen molar-refractivity contribution in [2.45, 2.75) is 19.5 Å². The molecule has 0 aromatic heterocycles. The third kappa shape index (κ3) is 4.02. The maximum Gasteiger partial charge on any atom is 0.159 e. The first-order valence-corrected chi connectivity index (χ1v) is 7.31. The molecule has 0 radical (unpaired) electrons. The zero-order valence-corrected chi connectivity index (χ0v) is 13.4. The first-order valence-electron chi connectivity index (χ1n) is 6.52. The van der Waals surface area contributed by atoms with Gasteiger partial charge in [-0.3, -0.25) is 0 Å². The molecule has 1 unspecified atom stereocenters. The van der Waals surface area contributed by atoms with Crippen LogP contribution in [-0.4, -0.2) is 7.11 Å². The summed E-state index contributed by atoms with van der Waals surface area (Å²) < 4.78 is 32.4. The molecule has 0 saturated heterocycles. The van der Waals surface area contributed by atoms with Crippen LogP contribution in [0.3, 0.4) is 0 Å². The van der Waals surface area contributed by atoms with Gasteiger partial charge >= 0.3 is 0 Å². The summed E-state index contributed by atoms with van der Waals surface area (Å²) in [5.74, 6) is -0.885. The lowest BCUT2D eigenvalue weighted by atomic mass is 10.1. The summed E-state index contributed by atoms with van der Waals surface area (Å²) in [6, 6.07) is 9.57. The quantitative estimate of drug-likeness (QED) is 0.846. The second kappa shape index (κ2) is 7.00. The predicted molar refractivity (Wildman–Crippen MR) is 82.3 cm³/mol. The van der Waals surface area contributed by atoms with Gasteiger partial charge in [0.15, 0.2) is 11.6 Å². The maximum absolute atomic E-state index is 13.2. The Kier molecular flexibility index (Phi) is 5.31. The number of methoxy groups -OCH3 is 1. The number of rotatable bonds is 5. The Labute approximate surface area is 131 Å². The van der Waals surface area contributed by atoms with Gasteiger partial charge in [-0.25, -0.2) is 8.78 Å². The van der Waals surface area contributed by atoms with Gasteiger partial charge in [-0.15, -0.1) is 0 Å². The highest BCUT2D eigenvalue weighted by Gasteiger charge is 2.10. The molecule has 112 valence electrons. The zero-order valence-electron chi connectivity index (χ0n) is 11.8. The second-order valence-corrected chi connectivity index (χ2v) is 5.65. The molecule has 0 fully saturated rings. The molecular formula is C16H16BrF2NO. The van der Waals surface area contributed by atoms with Crippen LogP contribution in [0.1, 0.15) is 24.1 Å². The van der Waals surface area contributed by atoms with E-state index in [1.54, 1.807) is 13.2 Å². The number of benzene rings is 2. The van der Waals surface area contributed by atoms with Crippen LogP contribution in [0.15, 0.2) is 40.9 Å². The van der Waals surface area contributed by atoms with Crippen molar-refractivity contribution in [1.82, 2.24) is 5.32 Å². The fourth-order valence-corrected chi connectivity index (χ4v) is 2.46. The molecule has 1 atom stereocenters. The average Bonchev–Trinajstić information content (AvgIpc) is 2.47. The van der Waals surface area contributed by atoms with Gasteiger partial charge < -0.3 is 10.1 Å². The van der Waals surface area contributed by atoms with Crippen molar-refractivity contribution in [2.24, 2.45) is 0 Å². The van der Waals surface area contributed by atoms with Gasteiger partial charge in [-0.05, 0) is 42.8 Å². The van der Waals surface area contributed by atoms with Crippen molar-refractivity contribution in [3.63, 3.8) is 0 Å². The number of hydrogen-bond acceptors (Lipinski definition) is 2. The van der Waals surface area contributed by atoms with Gasteiger partial charge in [0, 0.05) is 22.6 Å². The highest BCUT2D eigenvalue weighted by atomic mass is 79.9. The van der Waals surface area contributed by atoms with Crippen LogP contribution in [0.25, 0.3) is 0 Å². The van der Waals surface area contributed by atoms with Crippen molar-refractivity contribution < 1.29 is 13.5 Å². The molecule has 1 N–H and O–H groups in total. The molecule has 0 aliphatic carbocycles. The van der Waals surface area contributed by atoms with Crippen LogP contribution in [0, 0.1) is 11.6 Å². The van der Waals surface area contributed by atoms with Crippen LogP contribution < -0.4 is 10.1 Å². The van der Waals surface area contributed by atoms with Crippen LogP contribution in [-0.2, 0) is 6.54 Å². The van der Waals surface area contributed by atoms with Crippen LogP contribution in [0.4, 0.5) is 8.78 Å². The highest BCUT2D eigenvalue weighted by molar-refractivity contribution is 9.10. The summed E-state index contributed by atoms with van der Waals surface area (Å²) in [5, 5.41) is 3.27. The topological polar surface area (TPSA) is 21.3 Å². The third-order valence-corrected chi connectivity index (χ3v) is 3.78. The van der Waals surface area contributed by atoms with E-state index in [9.17, 15) is 8.78 Å². The van der Waals surface area contributed by atoms with Gasteiger partial charge in [-0.1, -0.05) is 22.0 Å². The summed E-state index contributed by atoms with van der Waals surface area (Å²) in [6.45, 7) is 2.46. The molecule has 0 saturated carbocycles. The largest absolute Gasteiger partial charge is 0.496 e. The SMILES string of the molecule is COc1ccc(Br)cc1CNC(C)c1ccc(F)c(F)c1. The maximum atomic E-state index is 13.2. The van der Waals surface area contributed by atoms with E-state index in [1.807, 2.05) is 25.1 Å². The van der Waals surface area contributed by atoms with Crippen molar-refractivity contribution in [3.05, 3.63) is 63.6 Å². The molecule has 0 heterocycles. The Morgan fingerprint density at radius 2 is 1.90 bits per heavy atom. The van der Waals surface area contributed by atoms with Crippen LogP contribution >= 0.6 is 15.9 Å². The van der Waals surface area contributed by atoms with E-state index in [0.29, 0.717) is 12.1 Å². The summed E-state index contributed by atoms with van der Waals surface area (Å²) in [4.78, 5) is 0. The molecule has 0 spiro atoms. The molecule has 0 amide bonds. The van der Waals surface area contributed by atoms with Gasteiger partial charge in [0.2, 0.25) is 0 Å². The molecular weight excluding hydrogens is 340 g/mol. The van der Waals surface area contributed by atoms with E-state index >= 15 is 0 Å². The van der Waals surface area contributed by atoms with E-state index in [2.05, 4.69) is 21.2 Å². The molecule has 0 aliphatic rings. The minimum atomic E-state index is -0.834. The molecule has 5 heteroatoms. The fraction of sp³-hybridized carbons (Fsp3) is 0.250. The van der Waals surface area contributed by atoms with E-state index in [-0.39, 0.29) is 6.04 Å². The average molecular weight is 356 g/mol. The van der Waals surface area contributed by atoms with Gasteiger partial charge in [0.1, 0.15) is 5.75 Å². The Morgan fingerprint density at radius 1 is 1.14 bits per heavy atom. The lowest BCUT2D eigenvalue weighted by Gasteiger charge is -2.16. The molecule has 0 aliphatic heterocycles. The Balaban J connectivity index is 2.08. The Bertz CT molecular complexity index is 634. The number of hydrogen-bond donors (Lipinski definition) is 1. The second-order valence-electron chi connectivity index (χ2n) is 4.73. The lowest BCUT2D eigenvalue weighted by molar-refractivity contribution is 0.406. The van der Waals surface area contributed by atoms with E-state index < -0.39 is 11.6 Å². The summed E-state index contributed by atoms with van der Waals surface area (Å²) in [7, 11) is 1.62. The first-order chi connectivity index (χ1) is 10.0. The lowest BCUT2D eigenvalue weighted by Crippen LogP contribution is -2.18. The third-order valence-electron chi connectivity index (χ3n) is 3.28. The van der Waals surface area contributed by atoms with E-state index in [4.69, 9.17) is 4.74 Å². The first kappa shape index (κ1) is 15.9. The summed E-state index contributed by atoms with van der Waals surface area (Å²) in [5.41, 5.74) is 1.68. The predicted octanol–water partition coefficient (Wildman–Crippen LogP) is 4.59. The molecule has 2 rings (SSSR count). The van der Waals surface area contributed by atoms with Gasteiger partial charge in [-0.2, -0.15) is 0 Å². The van der Waals surface area contributed by atoms with Crippen LogP contribution in [0.2, 0.25) is 0 Å². The van der Waals surface area contributed by atoms with Gasteiger partial charge in [0.05, 0.1) is 7.11 Å². The molecule has 21 heavy (non-hydrogen) atoms. The number of nitrogens with one attached hydrogen (secondary N) is 1. The highest BCUT2D eigenvalue weighted by Crippen LogP contribution is 2.24. The molecule has 2 aromatic carbocycles. The Morgan fingerprint density at radius 3 is 2.57 bits per heavy atom. The minimum Gasteiger partial charge on any atom is -0.496 e. The van der Waals surface area contributed by atoms with Crippen molar-refractivity contribution in [2.75, 3.05) is 7.11 Å². The normalized spacial score (nSPS) is 12.2. The smallest absolute Gasteiger partial charge is 0.159 e. The van der Waals surface area contributed by atoms with E-state index in [1.165, 1.54) is 6.07 Å². The molecule has 2 aromatic rings. The monoisotopic (exact) mass is 355 g/mol. The summed E-state index contributed by atoms with van der Waals surface area (Å²) in [6.07, 6.45) is 0. The van der Waals surface area contributed by atoms with E-state index in [0.717, 1.165) is 21.9 Å². The van der Waals surface area contributed by atoms with Crippen LogP contribution in [0.5, 0.6) is 5.75 Å². The number of ether oxygens (including phenoxy) is 1. The zero-order chi connectivity index (χ0) is 15.4. The van der Waals surface area contributed by atoms with Crippen molar-refractivity contribution in [3.8, 4) is 5.75 Å².